The van der Waals surface area contributed by atoms with Gasteiger partial charge < -0.3 is 19.3 Å². The van der Waals surface area contributed by atoms with E-state index in [0.29, 0.717) is 13.2 Å². The van der Waals surface area contributed by atoms with Crippen molar-refractivity contribution in [3.8, 4) is 11.1 Å². The molecular weight excluding hydrogens is 372 g/mol. The third-order valence-electron chi connectivity index (χ3n) is 5.01. The standard InChI is InChI=1S/C26H40N2O2/c1-27(2)15-5-7-17-29-21-23-11-9-13-25(19-23)26-14-10-12-24(20-26)22-30-18-8-6-16-28(3)4/h9-14,19-20H,5-8,15-18,21-22H2,1-4H3. The molecule has 0 radical (unpaired) electrons. The van der Waals surface area contributed by atoms with Crippen molar-refractivity contribution in [1.29, 1.82) is 0 Å². The molecule has 0 spiro atoms. The maximum Gasteiger partial charge on any atom is 0.0717 e. The van der Waals surface area contributed by atoms with Gasteiger partial charge in [0.1, 0.15) is 0 Å². The fourth-order valence-electron chi connectivity index (χ4n) is 3.33. The molecule has 0 aliphatic heterocycles. The minimum absolute atomic E-state index is 0.672. The molecule has 0 fully saturated rings. The van der Waals surface area contributed by atoms with Gasteiger partial charge in [0, 0.05) is 13.2 Å². The summed E-state index contributed by atoms with van der Waals surface area (Å²) in [5.41, 5.74) is 4.92. The van der Waals surface area contributed by atoms with Gasteiger partial charge in [-0.05, 0) is 101 Å². The Labute approximate surface area is 183 Å². The number of benzene rings is 2. The monoisotopic (exact) mass is 412 g/mol. The molecule has 30 heavy (non-hydrogen) atoms. The van der Waals surface area contributed by atoms with Crippen LogP contribution in [0.2, 0.25) is 0 Å². The van der Waals surface area contributed by atoms with E-state index in [0.717, 1.165) is 39.1 Å². The lowest BCUT2D eigenvalue weighted by atomic mass is 10.0. The van der Waals surface area contributed by atoms with Gasteiger partial charge in [-0.1, -0.05) is 36.4 Å². The zero-order chi connectivity index (χ0) is 21.6. The summed E-state index contributed by atoms with van der Waals surface area (Å²) in [7, 11) is 8.44. The van der Waals surface area contributed by atoms with E-state index in [1.807, 2.05) is 0 Å². The van der Waals surface area contributed by atoms with Crippen LogP contribution < -0.4 is 0 Å². The maximum absolute atomic E-state index is 5.87. The van der Waals surface area contributed by atoms with Crippen LogP contribution in [0.1, 0.15) is 36.8 Å². The highest BCUT2D eigenvalue weighted by Gasteiger charge is 2.03. The van der Waals surface area contributed by atoms with Crippen LogP contribution in [0.25, 0.3) is 11.1 Å². The second-order valence-electron chi connectivity index (χ2n) is 8.53. The Morgan fingerprint density at radius 2 is 1.03 bits per heavy atom. The van der Waals surface area contributed by atoms with Gasteiger partial charge in [-0.2, -0.15) is 0 Å². The van der Waals surface area contributed by atoms with Gasteiger partial charge >= 0.3 is 0 Å². The number of hydrogen-bond acceptors (Lipinski definition) is 4. The highest BCUT2D eigenvalue weighted by molar-refractivity contribution is 5.64. The number of unbranched alkanes of at least 4 members (excludes halogenated alkanes) is 2. The van der Waals surface area contributed by atoms with Crippen LogP contribution in [0.5, 0.6) is 0 Å². The van der Waals surface area contributed by atoms with Crippen molar-refractivity contribution in [2.45, 2.75) is 38.9 Å². The quantitative estimate of drug-likeness (QED) is 0.381. The van der Waals surface area contributed by atoms with Crippen molar-refractivity contribution in [2.75, 3.05) is 54.5 Å². The average molecular weight is 413 g/mol. The Balaban J connectivity index is 1.78. The molecule has 0 atom stereocenters. The normalized spacial score (nSPS) is 11.5. The molecule has 4 heteroatoms. The van der Waals surface area contributed by atoms with Gasteiger partial charge in [-0.15, -0.1) is 0 Å². The van der Waals surface area contributed by atoms with E-state index in [2.05, 4.69) is 86.5 Å². The first kappa shape index (κ1) is 24.5. The lowest BCUT2D eigenvalue weighted by Crippen LogP contribution is -2.13. The summed E-state index contributed by atoms with van der Waals surface area (Å²) in [6, 6.07) is 17.3. The Hall–Kier alpha value is -1.72. The summed E-state index contributed by atoms with van der Waals surface area (Å²) in [6.45, 7) is 5.22. The van der Waals surface area contributed by atoms with Gasteiger partial charge in [-0.3, -0.25) is 0 Å². The molecule has 2 aromatic carbocycles. The highest BCUT2D eigenvalue weighted by atomic mass is 16.5. The fraction of sp³-hybridized carbons (Fsp3) is 0.538. The lowest BCUT2D eigenvalue weighted by Gasteiger charge is -2.11. The Kier molecular flexibility index (Phi) is 11.7. The molecular formula is C26H40N2O2. The number of hydrogen-bond donors (Lipinski definition) is 0. The first-order chi connectivity index (χ1) is 14.5. The third-order valence-corrected chi connectivity index (χ3v) is 5.01. The van der Waals surface area contributed by atoms with Crippen LogP contribution in [0.15, 0.2) is 48.5 Å². The Morgan fingerprint density at radius 3 is 1.43 bits per heavy atom. The summed E-state index contributed by atoms with van der Waals surface area (Å²) in [5.74, 6) is 0. The maximum atomic E-state index is 5.87. The predicted octanol–water partition coefficient (Wildman–Crippen LogP) is 5.07. The largest absolute Gasteiger partial charge is 0.377 e. The van der Waals surface area contributed by atoms with Crippen LogP contribution in [0.3, 0.4) is 0 Å². The summed E-state index contributed by atoms with van der Waals surface area (Å²) in [6.07, 6.45) is 4.57. The van der Waals surface area contributed by atoms with Crippen molar-refractivity contribution in [3.63, 3.8) is 0 Å². The predicted molar refractivity (Wildman–Crippen MR) is 127 cm³/mol. The van der Waals surface area contributed by atoms with Crippen molar-refractivity contribution in [2.24, 2.45) is 0 Å². The topological polar surface area (TPSA) is 24.9 Å². The highest BCUT2D eigenvalue weighted by Crippen LogP contribution is 2.22. The minimum atomic E-state index is 0.672. The van der Waals surface area contributed by atoms with Crippen LogP contribution in [-0.4, -0.2) is 64.3 Å². The van der Waals surface area contributed by atoms with Gasteiger partial charge in [0.05, 0.1) is 13.2 Å². The van der Waals surface area contributed by atoms with Crippen LogP contribution in [0, 0.1) is 0 Å². The molecule has 0 aliphatic carbocycles. The smallest absolute Gasteiger partial charge is 0.0717 e. The summed E-state index contributed by atoms with van der Waals surface area (Å²) in [4.78, 5) is 4.43. The van der Waals surface area contributed by atoms with E-state index < -0.39 is 0 Å². The summed E-state index contributed by atoms with van der Waals surface area (Å²) >= 11 is 0. The van der Waals surface area contributed by atoms with E-state index in [9.17, 15) is 0 Å². The first-order valence-corrected chi connectivity index (χ1v) is 11.2. The zero-order valence-electron chi connectivity index (χ0n) is 19.4. The van der Waals surface area contributed by atoms with E-state index in [-0.39, 0.29) is 0 Å². The summed E-state index contributed by atoms with van der Waals surface area (Å²) < 4.78 is 11.7. The first-order valence-electron chi connectivity index (χ1n) is 11.2. The fourth-order valence-corrected chi connectivity index (χ4v) is 3.33. The van der Waals surface area contributed by atoms with E-state index in [1.165, 1.54) is 35.1 Å². The SMILES string of the molecule is CN(C)CCCCOCc1cccc(-c2cccc(COCCCCN(C)C)c2)c1. The molecule has 2 rings (SSSR count). The van der Waals surface area contributed by atoms with Crippen LogP contribution >= 0.6 is 0 Å². The van der Waals surface area contributed by atoms with Crippen LogP contribution in [0.4, 0.5) is 0 Å². The molecule has 0 saturated carbocycles. The number of nitrogens with zero attached hydrogens (tertiary/aromatic N) is 2. The van der Waals surface area contributed by atoms with Gasteiger partial charge in [-0.25, -0.2) is 0 Å². The van der Waals surface area contributed by atoms with Gasteiger partial charge in [0.25, 0.3) is 0 Å². The molecule has 0 aliphatic rings. The third kappa shape index (κ3) is 10.4. The molecule has 0 bridgehead atoms. The number of ether oxygens (including phenoxy) is 2. The molecule has 4 nitrogen and oxygen atoms in total. The molecule has 0 amide bonds. The van der Waals surface area contributed by atoms with Crippen molar-refractivity contribution >= 4 is 0 Å². The minimum Gasteiger partial charge on any atom is -0.377 e. The molecule has 0 unspecified atom stereocenters. The molecule has 0 aromatic heterocycles. The molecule has 0 N–H and O–H groups in total. The molecule has 0 heterocycles. The summed E-state index contributed by atoms with van der Waals surface area (Å²) in [5, 5.41) is 0. The molecule has 0 saturated heterocycles. The van der Waals surface area contributed by atoms with E-state index in [4.69, 9.17) is 9.47 Å². The van der Waals surface area contributed by atoms with Gasteiger partial charge in [0.15, 0.2) is 0 Å². The van der Waals surface area contributed by atoms with Crippen molar-refractivity contribution < 1.29 is 9.47 Å². The van der Waals surface area contributed by atoms with Crippen molar-refractivity contribution in [1.82, 2.24) is 9.80 Å². The van der Waals surface area contributed by atoms with Crippen LogP contribution in [-0.2, 0) is 22.7 Å². The van der Waals surface area contributed by atoms with E-state index in [1.54, 1.807) is 0 Å². The average Bonchev–Trinajstić information content (AvgIpc) is 2.73. The Morgan fingerprint density at radius 1 is 0.600 bits per heavy atom. The molecule has 2 aromatic rings. The number of rotatable bonds is 15. The Bertz CT molecular complexity index is 654. The zero-order valence-corrected chi connectivity index (χ0v) is 19.4. The molecule has 166 valence electrons. The second-order valence-corrected chi connectivity index (χ2v) is 8.53. The second kappa shape index (κ2) is 14.3. The van der Waals surface area contributed by atoms with E-state index >= 15 is 0 Å². The van der Waals surface area contributed by atoms with Crippen molar-refractivity contribution in [3.05, 3.63) is 59.7 Å². The van der Waals surface area contributed by atoms with Gasteiger partial charge in [0.2, 0.25) is 0 Å². The lowest BCUT2D eigenvalue weighted by molar-refractivity contribution is 0.115.